The zero-order chi connectivity index (χ0) is 18.7. The molecule has 3 N–H and O–H groups in total. The highest BCUT2D eigenvalue weighted by Crippen LogP contribution is 2.19. The van der Waals surface area contributed by atoms with E-state index >= 15 is 0 Å². The number of amides is 2. The van der Waals surface area contributed by atoms with Crippen molar-refractivity contribution in [3.05, 3.63) is 71.9 Å². The zero-order valence-electron chi connectivity index (χ0n) is 13.8. The highest BCUT2D eigenvalue weighted by molar-refractivity contribution is 7.89. The van der Waals surface area contributed by atoms with Crippen LogP contribution < -0.4 is 10.5 Å². The smallest absolute Gasteiger partial charge is 0.277 e. The van der Waals surface area contributed by atoms with Crippen LogP contribution in [0.5, 0.6) is 0 Å². The number of primary sulfonamides is 1. The van der Waals surface area contributed by atoms with Gasteiger partial charge in [-0.1, -0.05) is 30.3 Å². The van der Waals surface area contributed by atoms with Crippen LogP contribution in [0.1, 0.15) is 5.56 Å². The first kappa shape index (κ1) is 17.8. The van der Waals surface area contributed by atoms with Gasteiger partial charge in [-0.2, -0.15) is 0 Å². The van der Waals surface area contributed by atoms with E-state index in [1.807, 2.05) is 30.3 Å². The molecule has 1 heterocycles. The highest BCUT2D eigenvalue weighted by atomic mass is 32.2. The number of sulfonamides is 1. The second-order valence-corrected chi connectivity index (χ2v) is 7.34. The predicted octanol–water partition coefficient (Wildman–Crippen LogP) is 1.24. The first-order valence-electron chi connectivity index (χ1n) is 7.86. The van der Waals surface area contributed by atoms with Crippen molar-refractivity contribution in [1.82, 2.24) is 4.90 Å². The number of nitrogens with two attached hydrogens (primary N) is 1. The summed E-state index contributed by atoms with van der Waals surface area (Å²) < 4.78 is 22.5. The van der Waals surface area contributed by atoms with E-state index in [0.717, 1.165) is 5.56 Å². The lowest BCUT2D eigenvalue weighted by atomic mass is 10.1. The lowest BCUT2D eigenvalue weighted by Gasteiger charge is -2.15. The number of benzene rings is 2. The summed E-state index contributed by atoms with van der Waals surface area (Å²) in [5.41, 5.74) is 1.66. The molecule has 3 rings (SSSR count). The number of imide groups is 1. The molecule has 134 valence electrons. The van der Waals surface area contributed by atoms with Gasteiger partial charge < -0.3 is 5.32 Å². The van der Waals surface area contributed by atoms with Crippen LogP contribution >= 0.6 is 0 Å². The summed E-state index contributed by atoms with van der Waals surface area (Å²) in [5, 5.41) is 7.89. The lowest BCUT2D eigenvalue weighted by Crippen LogP contribution is -2.33. The Morgan fingerprint density at radius 1 is 0.962 bits per heavy atom. The maximum absolute atomic E-state index is 12.4. The maximum atomic E-state index is 12.4. The van der Waals surface area contributed by atoms with Gasteiger partial charge in [-0.15, -0.1) is 0 Å². The Balaban J connectivity index is 1.65. The Bertz CT molecular complexity index is 967. The zero-order valence-corrected chi connectivity index (χ0v) is 14.6. The van der Waals surface area contributed by atoms with Crippen molar-refractivity contribution in [2.24, 2.45) is 5.14 Å². The molecule has 1 aliphatic heterocycles. The van der Waals surface area contributed by atoms with Crippen molar-refractivity contribution in [1.29, 1.82) is 0 Å². The Hall–Kier alpha value is -2.97. The van der Waals surface area contributed by atoms with Crippen molar-refractivity contribution in [3.8, 4) is 0 Å². The fourth-order valence-electron chi connectivity index (χ4n) is 2.58. The average Bonchev–Trinajstić information content (AvgIpc) is 2.87. The molecular formula is C18H17N3O4S. The molecule has 0 fully saturated rings. The summed E-state index contributed by atoms with van der Waals surface area (Å²) in [7, 11) is -3.78. The molecule has 2 aromatic carbocycles. The number of nitrogens with zero attached hydrogens (tertiary/aromatic N) is 1. The van der Waals surface area contributed by atoms with E-state index in [0.29, 0.717) is 12.1 Å². The molecule has 0 unspecified atom stereocenters. The fraction of sp³-hybridized carbons (Fsp3) is 0.111. The van der Waals surface area contributed by atoms with Gasteiger partial charge in [0.2, 0.25) is 10.0 Å². The molecule has 7 nitrogen and oxygen atoms in total. The minimum Gasteiger partial charge on any atom is -0.351 e. The van der Waals surface area contributed by atoms with Crippen molar-refractivity contribution in [2.75, 3.05) is 11.9 Å². The minimum absolute atomic E-state index is 0.0321. The fourth-order valence-corrected chi connectivity index (χ4v) is 3.09. The molecule has 0 spiro atoms. The van der Waals surface area contributed by atoms with Crippen LogP contribution in [-0.4, -0.2) is 31.7 Å². The van der Waals surface area contributed by atoms with Gasteiger partial charge in [-0.25, -0.2) is 13.6 Å². The number of hydrogen-bond acceptors (Lipinski definition) is 5. The van der Waals surface area contributed by atoms with Crippen LogP contribution in [-0.2, 0) is 26.0 Å². The number of anilines is 1. The van der Waals surface area contributed by atoms with Crippen LogP contribution in [0.2, 0.25) is 0 Å². The molecule has 0 atom stereocenters. The molecule has 26 heavy (non-hydrogen) atoms. The van der Waals surface area contributed by atoms with Gasteiger partial charge in [0.25, 0.3) is 11.8 Å². The second-order valence-electron chi connectivity index (χ2n) is 5.78. The molecule has 8 heteroatoms. The molecule has 0 saturated carbocycles. The molecule has 0 saturated heterocycles. The van der Waals surface area contributed by atoms with Crippen LogP contribution in [0, 0.1) is 0 Å². The van der Waals surface area contributed by atoms with Gasteiger partial charge in [-0.3, -0.25) is 14.5 Å². The Labute approximate surface area is 151 Å². The molecule has 1 aliphatic rings. The minimum atomic E-state index is -3.78. The van der Waals surface area contributed by atoms with Crippen molar-refractivity contribution in [2.45, 2.75) is 11.3 Å². The van der Waals surface area contributed by atoms with Gasteiger partial charge in [0.1, 0.15) is 5.70 Å². The van der Waals surface area contributed by atoms with E-state index in [1.165, 1.54) is 35.2 Å². The summed E-state index contributed by atoms with van der Waals surface area (Å²) in [6.45, 7) is 0.285. The molecular weight excluding hydrogens is 354 g/mol. The van der Waals surface area contributed by atoms with E-state index in [2.05, 4.69) is 5.32 Å². The molecule has 0 bridgehead atoms. The van der Waals surface area contributed by atoms with Gasteiger partial charge in [-0.05, 0) is 36.2 Å². The standard InChI is InChI=1S/C18H17N3O4S/c19-26(24,25)15-8-6-14(7-9-15)20-16-12-17(22)21(18(16)23)11-10-13-4-2-1-3-5-13/h1-9,12,20H,10-11H2,(H2,19,24,25). The quantitative estimate of drug-likeness (QED) is 0.743. The first-order chi connectivity index (χ1) is 12.3. The van der Waals surface area contributed by atoms with Crippen molar-refractivity contribution in [3.63, 3.8) is 0 Å². The number of carbonyl (C=O) groups is 2. The van der Waals surface area contributed by atoms with Crippen LogP contribution in [0.4, 0.5) is 5.69 Å². The summed E-state index contributed by atoms with van der Waals surface area (Å²) in [5.74, 6) is -0.795. The third-order valence-electron chi connectivity index (χ3n) is 3.94. The molecule has 0 aromatic heterocycles. The maximum Gasteiger partial charge on any atom is 0.277 e. The molecule has 0 radical (unpaired) electrons. The van der Waals surface area contributed by atoms with Crippen molar-refractivity contribution < 1.29 is 18.0 Å². The van der Waals surface area contributed by atoms with E-state index in [-0.39, 0.29) is 23.0 Å². The third kappa shape index (κ3) is 3.98. The largest absolute Gasteiger partial charge is 0.351 e. The summed E-state index contributed by atoms with van der Waals surface area (Å²) >= 11 is 0. The van der Waals surface area contributed by atoms with Crippen LogP contribution in [0.25, 0.3) is 0 Å². The monoisotopic (exact) mass is 371 g/mol. The summed E-state index contributed by atoms with van der Waals surface area (Å²) in [6.07, 6.45) is 1.81. The normalized spacial score (nSPS) is 14.5. The first-order valence-corrected chi connectivity index (χ1v) is 9.40. The van der Waals surface area contributed by atoms with E-state index in [4.69, 9.17) is 5.14 Å². The van der Waals surface area contributed by atoms with E-state index in [9.17, 15) is 18.0 Å². The van der Waals surface area contributed by atoms with E-state index < -0.39 is 15.9 Å². The van der Waals surface area contributed by atoms with Crippen LogP contribution in [0.15, 0.2) is 71.3 Å². The second kappa shape index (κ2) is 7.11. The van der Waals surface area contributed by atoms with Gasteiger partial charge in [0.15, 0.2) is 0 Å². The van der Waals surface area contributed by atoms with Gasteiger partial charge >= 0.3 is 0 Å². The van der Waals surface area contributed by atoms with Crippen molar-refractivity contribution >= 4 is 27.5 Å². The van der Waals surface area contributed by atoms with Crippen LogP contribution in [0.3, 0.4) is 0 Å². The molecule has 2 aromatic rings. The Morgan fingerprint density at radius 3 is 2.23 bits per heavy atom. The molecule has 0 aliphatic carbocycles. The van der Waals surface area contributed by atoms with E-state index in [1.54, 1.807) is 0 Å². The lowest BCUT2D eigenvalue weighted by molar-refractivity contribution is -0.137. The Morgan fingerprint density at radius 2 is 1.62 bits per heavy atom. The van der Waals surface area contributed by atoms with Gasteiger partial charge in [0, 0.05) is 18.3 Å². The highest BCUT2D eigenvalue weighted by Gasteiger charge is 2.30. The number of carbonyl (C=O) groups excluding carboxylic acids is 2. The Kier molecular flexibility index (Phi) is 4.88. The summed E-state index contributed by atoms with van der Waals surface area (Å²) in [6, 6.07) is 15.2. The number of hydrogen-bond donors (Lipinski definition) is 2. The number of nitrogens with one attached hydrogen (secondary N) is 1. The predicted molar refractivity (Wildman–Crippen MR) is 96.4 cm³/mol. The molecule has 2 amide bonds. The SMILES string of the molecule is NS(=O)(=O)c1ccc(NC2=CC(=O)N(CCc3ccccc3)C2=O)cc1. The third-order valence-corrected chi connectivity index (χ3v) is 4.87. The average molecular weight is 371 g/mol. The van der Waals surface area contributed by atoms with Gasteiger partial charge in [0.05, 0.1) is 4.90 Å². The summed E-state index contributed by atoms with van der Waals surface area (Å²) in [4.78, 5) is 25.7. The number of rotatable bonds is 6. The topological polar surface area (TPSA) is 110 Å².